The molecule has 31 heavy (non-hydrogen) atoms. The number of aryl methyl sites for hydroxylation is 1. The van der Waals surface area contributed by atoms with Crippen molar-refractivity contribution in [1.82, 2.24) is 14.9 Å². The lowest BCUT2D eigenvalue weighted by Crippen LogP contribution is -2.42. The molecule has 2 aromatic carbocycles. The van der Waals surface area contributed by atoms with E-state index in [-0.39, 0.29) is 12.0 Å². The van der Waals surface area contributed by atoms with Crippen molar-refractivity contribution >= 4 is 39.1 Å². The average Bonchev–Trinajstić information content (AvgIpc) is 3.18. The van der Waals surface area contributed by atoms with Crippen molar-refractivity contribution in [3.05, 3.63) is 82.1 Å². The van der Waals surface area contributed by atoms with Gasteiger partial charge in [-0.3, -0.25) is 9.78 Å². The van der Waals surface area contributed by atoms with E-state index in [2.05, 4.69) is 9.97 Å². The highest BCUT2D eigenvalue weighted by molar-refractivity contribution is 7.18. The number of morpholine rings is 1. The molecule has 1 aliphatic heterocycles. The summed E-state index contributed by atoms with van der Waals surface area (Å²) in [6.45, 7) is 3.50. The second-order valence-corrected chi connectivity index (χ2v) is 9.18. The van der Waals surface area contributed by atoms with Crippen LogP contribution in [0.3, 0.4) is 0 Å². The van der Waals surface area contributed by atoms with E-state index in [1.54, 1.807) is 11.3 Å². The monoisotopic (exact) mass is 449 g/mol. The van der Waals surface area contributed by atoms with Crippen molar-refractivity contribution in [2.45, 2.75) is 13.0 Å². The molecule has 7 heteroatoms. The van der Waals surface area contributed by atoms with Gasteiger partial charge in [0.25, 0.3) is 5.91 Å². The molecule has 0 N–H and O–H groups in total. The van der Waals surface area contributed by atoms with E-state index in [0.717, 1.165) is 32.0 Å². The Morgan fingerprint density at radius 2 is 2.06 bits per heavy atom. The number of carbonyl (C=O) groups excluding carboxylic acids is 1. The van der Waals surface area contributed by atoms with Gasteiger partial charge in [-0.15, -0.1) is 11.3 Å². The number of hydrogen-bond donors (Lipinski definition) is 0. The van der Waals surface area contributed by atoms with Crippen LogP contribution >= 0.6 is 22.9 Å². The maximum atomic E-state index is 13.1. The predicted molar refractivity (Wildman–Crippen MR) is 124 cm³/mol. The molecule has 0 bridgehead atoms. The standard InChI is InChI=1S/C24H20ClN3O2S/c1-15-27-21-8-5-17(12-23(21)31-15)24(29)28-9-10-30-22(14-28)20-7-6-18(13-26-20)16-3-2-4-19(25)11-16/h2-8,11-13,22H,9-10,14H2,1H3. The van der Waals surface area contributed by atoms with Gasteiger partial charge in [0, 0.05) is 28.9 Å². The smallest absolute Gasteiger partial charge is 0.254 e. The number of amides is 1. The number of halogens is 1. The van der Waals surface area contributed by atoms with Crippen molar-refractivity contribution in [3.8, 4) is 11.1 Å². The van der Waals surface area contributed by atoms with Crippen LogP contribution in [0.4, 0.5) is 0 Å². The fraction of sp³-hybridized carbons (Fsp3) is 0.208. The molecule has 1 fully saturated rings. The van der Waals surface area contributed by atoms with Crippen LogP contribution in [0.1, 0.15) is 27.2 Å². The Morgan fingerprint density at radius 3 is 2.87 bits per heavy atom. The molecule has 0 aliphatic carbocycles. The molecule has 0 saturated carbocycles. The number of thiazole rings is 1. The third-order valence-corrected chi connectivity index (χ3v) is 6.54. The Balaban J connectivity index is 1.33. The van der Waals surface area contributed by atoms with Gasteiger partial charge >= 0.3 is 0 Å². The van der Waals surface area contributed by atoms with Gasteiger partial charge in [-0.1, -0.05) is 29.8 Å². The molecule has 5 nitrogen and oxygen atoms in total. The first-order valence-electron chi connectivity index (χ1n) is 10.1. The van der Waals surface area contributed by atoms with Crippen molar-refractivity contribution in [2.24, 2.45) is 0 Å². The Morgan fingerprint density at radius 1 is 1.16 bits per heavy atom. The third kappa shape index (κ3) is 4.19. The topological polar surface area (TPSA) is 55.3 Å². The summed E-state index contributed by atoms with van der Waals surface area (Å²) < 4.78 is 6.97. The number of hydrogen-bond acceptors (Lipinski definition) is 5. The number of carbonyl (C=O) groups is 1. The van der Waals surface area contributed by atoms with E-state index in [0.29, 0.717) is 30.3 Å². The molecule has 1 aliphatic rings. The molecule has 1 atom stereocenters. The van der Waals surface area contributed by atoms with E-state index >= 15 is 0 Å². The number of nitrogens with zero attached hydrogens (tertiary/aromatic N) is 3. The van der Waals surface area contributed by atoms with Crippen molar-refractivity contribution < 1.29 is 9.53 Å². The first-order valence-corrected chi connectivity index (χ1v) is 11.3. The minimum absolute atomic E-state index is 0.0109. The summed E-state index contributed by atoms with van der Waals surface area (Å²) >= 11 is 7.70. The zero-order valence-corrected chi connectivity index (χ0v) is 18.5. The maximum absolute atomic E-state index is 13.1. The average molecular weight is 450 g/mol. The largest absolute Gasteiger partial charge is 0.368 e. The molecule has 0 spiro atoms. The second kappa shape index (κ2) is 8.38. The summed E-state index contributed by atoms with van der Waals surface area (Å²) in [5.41, 5.74) is 4.44. The Bertz CT molecular complexity index is 1260. The zero-order valence-electron chi connectivity index (χ0n) is 16.9. The molecule has 1 saturated heterocycles. The van der Waals surface area contributed by atoms with Gasteiger partial charge in [0.1, 0.15) is 6.10 Å². The summed E-state index contributed by atoms with van der Waals surface area (Å²) in [4.78, 5) is 24.0. The minimum Gasteiger partial charge on any atom is -0.368 e. The molecular weight excluding hydrogens is 430 g/mol. The first kappa shape index (κ1) is 20.1. The van der Waals surface area contributed by atoms with Gasteiger partial charge in [-0.25, -0.2) is 4.98 Å². The van der Waals surface area contributed by atoms with Gasteiger partial charge < -0.3 is 9.64 Å². The molecule has 1 unspecified atom stereocenters. The molecule has 0 radical (unpaired) electrons. The van der Waals surface area contributed by atoms with Crippen molar-refractivity contribution in [3.63, 3.8) is 0 Å². The van der Waals surface area contributed by atoms with Gasteiger partial charge in [0.05, 0.1) is 34.1 Å². The summed E-state index contributed by atoms with van der Waals surface area (Å²) in [7, 11) is 0. The van der Waals surface area contributed by atoms with Crippen LogP contribution in [0.2, 0.25) is 5.02 Å². The third-order valence-electron chi connectivity index (χ3n) is 5.37. The first-order chi connectivity index (χ1) is 15.1. The Kier molecular flexibility index (Phi) is 5.44. The molecule has 4 aromatic rings. The zero-order chi connectivity index (χ0) is 21.4. The SMILES string of the molecule is Cc1nc2ccc(C(=O)N3CCOC(c4ccc(-c5cccc(Cl)c5)cn4)C3)cc2s1. The molecule has 156 valence electrons. The van der Waals surface area contributed by atoms with E-state index in [9.17, 15) is 4.79 Å². The van der Waals surface area contributed by atoms with Gasteiger partial charge in [-0.05, 0) is 48.9 Å². The van der Waals surface area contributed by atoms with E-state index in [1.807, 2.05) is 72.6 Å². The lowest BCUT2D eigenvalue weighted by Gasteiger charge is -2.32. The number of aromatic nitrogens is 2. The fourth-order valence-corrected chi connectivity index (χ4v) is 4.86. The highest BCUT2D eigenvalue weighted by atomic mass is 35.5. The number of pyridine rings is 1. The van der Waals surface area contributed by atoms with Crippen LogP contribution in [0.5, 0.6) is 0 Å². The lowest BCUT2D eigenvalue weighted by molar-refractivity contribution is -0.0247. The lowest BCUT2D eigenvalue weighted by atomic mass is 10.1. The number of ether oxygens (including phenoxy) is 1. The molecule has 1 amide bonds. The van der Waals surface area contributed by atoms with E-state index < -0.39 is 0 Å². The predicted octanol–water partition coefficient (Wildman–Crippen LogP) is 5.53. The van der Waals surface area contributed by atoms with Crippen LogP contribution in [0.15, 0.2) is 60.8 Å². The van der Waals surface area contributed by atoms with Crippen LogP contribution in [0, 0.1) is 6.92 Å². The highest BCUT2D eigenvalue weighted by Gasteiger charge is 2.27. The number of fused-ring (bicyclic) bond motifs is 1. The van der Waals surface area contributed by atoms with Crippen LogP contribution in [-0.2, 0) is 4.74 Å². The summed E-state index contributed by atoms with van der Waals surface area (Å²) in [5.74, 6) is 0.0109. The van der Waals surface area contributed by atoms with Crippen LogP contribution < -0.4 is 0 Å². The second-order valence-electron chi connectivity index (χ2n) is 7.51. The van der Waals surface area contributed by atoms with E-state index in [1.165, 1.54) is 0 Å². The minimum atomic E-state index is -0.250. The summed E-state index contributed by atoms with van der Waals surface area (Å²) in [6, 6.07) is 17.4. The summed E-state index contributed by atoms with van der Waals surface area (Å²) in [5, 5.41) is 1.69. The van der Waals surface area contributed by atoms with Gasteiger partial charge in [0.15, 0.2) is 0 Å². The van der Waals surface area contributed by atoms with Crippen molar-refractivity contribution in [2.75, 3.05) is 19.7 Å². The Labute approximate surface area is 189 Å². The quantitative estimate of drug-likeness (QED) is 0.412. The molecule has 5 rings (SSSR count). The van der Waals surface area contributed by atoms with Crippen molar-refractivity contribution in [1.29, 1.82) is 0 Å². The maximum Gasteiger partial charge on any atom is 0.254 e. The normalized spacial score (nSPS) is 16.6. The van der Waals surface area contributed by atoms with Gasteiger partial charge in [0.2, 0.25) is 0 Å². The molecule has 2 aromatic heterocycles. The number of rotatable bonds is 3. The number of benzene rings is 2. The van der Waals surface area contributed by atoms with E-state index in [4.69, 9.17) is 16.3 Å². The fourth-order valence-electron chi connectivity index (χ4n) is 3.80. The van der Waals surface area contributed by atoms with Crippen LogP contribution in [0.25, 0.3) is 21.3 Å². The molecular formula is C24H20ClN3O2S. The van der Waals surface area contributed by atoms with Gasteiger partial charge in [-0.2, -0.15) is 0 Å². The molecule has 3 heterocycles. The Hall–Kier alpha value is -2.80. The van der Waals surface area contributed by atoms with Crippen LogP contribution in [-0.4, -0.2) is 40.5 Å². The highest BCUT2D eigenvalue weighted by Crippen LogP contribution is 2.27. The summed E-state index contributed by atoms with van der Waals surface area (Å²) in [6.07, 6.45) is 1.58.